The minimum absolute atomic E-state index is 0.537. The number of hydrogen-bond donors (Lipinski definition) is 2. The van der Waals surface area contributed by atoms with Gasteiger partial charge >= 0.3 is 0 Å². The molecule has 0 radical (unpaired) electrons. The molecule has 0 saturated heterocycles. The monoisotopic (exact) mass is 496 g/mol. The number of fused-ring (bicyclic) bond motifs is 1. The van der Waals surface area contributed by atoms with Gasteiger partial charge in [0, 0.05) is 28.7 Å². The van der Waals surface area contributed by atoms with Crippen molar-refractivity contribution in [2.24, 2.45) is 11.7 Å². The molecule has 0 aliphatic heterocycles. The lowest BCUT2D eigenvalue weighted by Gasteiger charge is -2.17. The highest BCUT2D eigenvalue weighted by Crippen LogP contribution is 2.28. The predicted octanol–water partition coefficient (Wildman–Crippen LogP) is 6.57. The van der Waals surface area contributed by atoms with Gasteiger partial charge in [-0.3, -0.25) is 0 Å². The van der Waals surface area contributed by atoms with Crippen LogP contribution in [-0.4, -0.2) is 26.1 Å². The van der Waals surface area contributed by atoms with Crippen molar-refractivity contribution in [2.75, 3.05) is 11.9 Å². The maximum Gasteiger partial charge on any atom is 0.225 e. The number of aromatic nitrogens is 4. The van der Waals surface area contributed by atoms with Crippen LogP contribution >= 0.6 is 23.2 Å². The molecule has 0 aliphatic carbocycles. The molecule has 8 heteroatoms. The van der Waals surface area contributed by atoms with Crippen LogP contribution in [0.25, 0.3) is 22.6 Å². The molecule has 4 rings (SSSR count). The molecule has 178 valence electrons. The molecule has 1 unspecified atom stereocenters. The summed E-state index contributed by atoms with van der Waals surface area (Å²) < 4.78 is 2.18. The Balaban J connectivity index is 1.67. The lowest BCUT2D eigenvalue weighted by molar-refractivity contribution is 0.397. The zero-order valence-corrected chi connectivity index (χ0v) is 20.9. The van der Waals surface area contributed by atoms with E-state index in [2.05, 4.69) is 21.8 Å². The van der Waals surface area contributed by atoms with E-state index >= 15 is 0 Å². The minimum Gasteiger partial charge on any atom is -0.350 e. The molecule has 0 bridgehead atoms. The molecule has 2 heterocycles. The van der Waals surface area contributed by atoms with Gasteiger partial charge < -0.3 is 15.6 Å². The van der Waals surface area contributed by atoms with Gasteiger partial charge in [-0.25, -0.2) is 9.97 Å². The molecule has 34 heavy (non-hydrogen) atoms. The van der Waals surface area contributed by atoms with Gasteiger partial charge in [0.1, 0.15) is 11.3 Å². The van der Waals surface area contributed by atoms with Crippen LogP contribution < -0.4 is 11.1 Å². The van der Waals surface area contributed by atoms with Crippen LogP contribution in [0.15, 0.2) is 54.7 Å². The summed E-state index contributed by atoms with van der Waals surface area (Å²) in [7, 11) is 0. The first-order valence-corrected chi connectivity index (χ1v) is 12.5. The van der Waals surface area contributed by atoms with Crippen LogP contribution in [0, 0.1) is 5.92 Å². The summed E-state index contributed by atoms with van der Waals surface area (Å²) in [6.45, 7) is 4.26. The number of hydrogen-bond acceptors (Lipinski definition) is 5. The van der Waals surface area contributed by atoms with Gasteiger partial charge in [0.15, 0.2) is 5.65 Å². The summed E-state index contributed by atoms with van der Waals surface area (Å²) >= 11 is 12.6. The molecular formula is C26H30Cl2N6. The summed E-state index contributed by atoms with van der Waals surface area (Å²) in [6.07, 6.45) is 6.11. The highest BCUT2D eigenvalue weighted by Gasteiger charge is 2.17. The molecule has 3 N–H and O–H groups in total. The van der Waals surface area contributed by atoms with E-state index in [0.717, 1.165) is 60.3 Å². The highest BCUT2D eigenvalue weighted by molar-refractivity contribution is 6.31. The van der Waals surface area contributed by atoms with Gasteiger partial charge in [0.05, 0.1) is 6.20 Å². The van der Waals surface area contributed by atoms with E-state index in [-0.39, 0.29) is 0 Å². The molecule has 0 fully saturated rings. The summed E-state index contributed by atoms with van der Waals surface area (Å²) in [5, 5.41) is 4.69. The Bertz CT molecular complexity index is 1230. The van der Waals surface area contributed by atoms with E-state index in [1.54, 1.807) is 6.20 Å². The first kappa shape index (κ1) is 24.5. The first-order chi connectivity index (χ1) is 16.6. The Labute approximate surface area is 210 Å². The van der Waals surface area contributed by atoms with E-state index < -0.39 is 0 Å². The first-order valence-electron chi connectivity index (χ1n) is 11.8. The van der Waals surface area contributed by atoms with Gasteiger partial charge in [-0.2, -0.15) is 4.98 Å². The van der Waals surface area contributed by atoms with Crippen LogP contribution in [0.1, 0.15) is 38.2 Å². The second kappa shape index (κ2) is 11.6. The largest absolute Gasteiger partial charge is 0.350 e. The normalized spacial score (nSPS) is 12.2. The second-order valence-electron chi connectivity index (χ2n) is 8.47. The van der Waals surface area contributed by atoms with Gasteiger partial charge in [-0.05, 0) is 49.1 Å². The number of aryl methyl sites for hydroxylation is 1. The quantitative estimate of drug-likeness (QED) is 0.245. The molecule has 0 amide bonds. The molecule has 2 aromatic heterocycles. The second-order valence-corrected chi connectivity index (χ2v) is 9.31. The Hall–Kier alpha value is -2.67. The number of rotatable bonds is 11. The highest BCUT2D eigenvalue weighted by atomic mass is 35.5. The van der Waals surface area contributed by atoms with Crippen LogP contribution in [0.5, 0.6) is 0 Å². The smallest absolute Gasteiger partial charge is 0.225 e. The lowest BCUT2D eigenvalue weighted by atomic mass is 9.96. The Kier molecular flexibility index (Phi) is 8.38. The van der Waals surface area contributed by atoms with Crippen LogP contribution in [0.3, 0.4) is 0 Å². The van der Waals surface area contributed by atoms with Gasteiger partial charge in [0.25, 0.3) is 0 Å². The van der Waals surface area contributed by atoms with E-state index in [1.807, 2.05) is 48.5 Å². The van der Waals surface area contributed by atoms with Crippen molar-refractivity contribution in [3.63, 3.8) is 0 Å². The average molecular weight is 497 g/mol. The number of anilines is 1. The fraction of sp³-hybridized carbons (Fsp3) is 0.346. The molecule has 0 aliphatic rings. The van der Waals surface area contributed by atoms with Crippen molar-refractivity contribution in [3.8, 4) is 11.4 Å². The summed E-state index contributed by atoms with van der Waals surface area (Å²) in [5.41, 5.74) is 9.38. The van der Waals surface area contributed by atoms with E-state index in [0.29, 0.717) is 35.0 Å². The molecule has 0 saturated carbocycles. The number of benzene rings is 2. The average Bonchev–Trinajstić information content (AvgIpc) is 3.20. The Morgan fingerprint density at radius 1 is 1.03 bits per heavy atom. The van der Waals surface area contributed by atoms with Crippen molar-refractivity contribution in [1.29, 1.82) is 0 Å². The lowest BCUT2D eigenvalue weighted by Crippen LogP contribution is -2.13. The van der Waals surface area contributed by atoms with Crippen molar-refractivity contribution in [1.82, 2.24) is 19.5 Å². The van der Waals surface area contributed by atoms with Crippen LogP contribution in [0.4, 0.5) is 5.95 Å². The molecule has 4 aromatic rings. The van der Waals surface area contributed by atoms with Gasteiger partial charge in [0.2, 0.25) is 5.95 Å². The fourth-order valence-electron chi connectivity index (χ4n) is 4.27. The van der Waals surface area contributed by atoms with Crippen molar-refractivity contribution in [3.05, 3.63) is 70.3 Å². The number of nitrogens with two attached hydrogens (primary N) is 1. The van der Waals surface area contributed by atoms with E-state index in [4.69, 9.17) is 38.9 Å². The molecule has 0 spiro atoms. The van der Waals surface area contributed by atoms with Crippen LogP contribution in [-0.2, 0) is 13.1 Å². The Morgan fingerprint density at radius 3 is 2.65 bits per heavy atom. The third-order valence-corrected chi connectivity index (χ3v) is 6.60. The SMILES string of the molecule is CCCC(CCN)CCn1c(-c2cccc(Cl)c2)nc2cnc(NCc3ccccc3Cl)nc21. The maximum atomic E-state index is 6.30. The summed E-state index contributed by atoms with van der Waals surface area (Å²) in [6, 6.07) is 15.5. The zero-order valence-electron chi connectivity index (χ0n) is 19.3. The number of nitrogens with zero attached hydrogens (tertiary/aromatic N) is 4. The van der Waals surface area contributed by atoms with Gasteiger partial charge in [-0.15, -0.1) is 0 Å². The number of halogens is 2. The fourth-order valence-corrected chi connectivity index (χ4v) is 4.66. The summed E-state index contributed by atoms with van der Waals surface area (Å²) in [5.74, 6) is 1.95. The molecular weight excluding hydrogens is 467 g/mol. The minimum atomic E-state index is 0.537. The topological polar surface area (TPSA) is 81.7 Å². The van der Waals surface area contributed by atoms with Crippen molar-refractivity contribution >= 4 is 40.3 Å². The molecule has 2 aromatic carbocycles. The van der Waals surface area contributed by atoms with E-state index in [1.165, 1.54) is 0 Å². The van der Waals surface area contributed by atoms with Gasteiger partial charge in [-0.1, -0.05) is 73.3 Å². The number of imidazole rings is 1. The zero-order chi connectivity index (χ0) is 23.9. The third-order valence-electron chi connectivity index (χ3n) is 6.00. The Morgan fingerprint density at radius 2 is 1.88 bits per heavy atom. The van der Waals surface area contributed by atoms with Crippen molar-refractivity contribution < 1.29 is 0 Å². The molecule has 1 atom stereocenters. The predicted molar refractivity (Wildman–Crippen MR) is 141 cm³/mol. The number of nitrogens with one attached hydrogen (secondary N) is 1. The molecule has 6 nitrogen and oxygen atoms in total. The van der Waals surface area contributed by atoms with E-state index in [9.17, 15) is 0 Å². The maximum absolute atomic E-state index is 6.30. The third kappa shape index (κ3) is 5.87. The standard InChI is InChI=1S/C26H30Cl2N6/c1-2-6-18(11-13-29)12-14-34-24(19-8-5-9-21(27)15-19)32-23-17-31-26(33-25(23)34)30-16-20-7-3-4-10-22(20)28/h3-5,7-10,15,17-18H,2,6,11-14,16,29H2,1H3,(H,30,31,33). The summed E-state index contributed by atoms with van der Waals surface area (Å²) in [4.78, 5) is 14.2. The van der Waals surface area contributed by atoms with Crippen LogP contribution in [0.2, 0.25) is 10.0 Å². The van der Waals surface area contributed by atoms with Crippen molar-refractivity contribution in [2.45, 2.75) is 45.7 Å².